The van der Waals surface area contributed by atoms with Crippen molar-refractivity contribution >= 4 is 38.7 Å². The molecule has 0 spiro atoms. The van der Waals surface area contributed by atoms with E-state index >= 15 is 0 Å². The quantitative estimate of drug-likeness (QED) is 0.611. The molecule has 148 valence electrons. The van der Waals surface area contributed by atoms with Crippen LogP contribution in [0.4, 0.5) is 11.6 Å². The van der Waals surface area contributed by atoms with Crippen LogP contribution in [0.25, 0.3) is 11.2 Å². The summed E-state index contributed by atoms with van der Waals surface area (Å²) in [6.07, 6.45) is 0. The van der Waals surface area contributed by atoms with Crippen LogP contribution in [0, 0.1) is 5.92 Å². The van der Waals surface area contributed by atoms with Crippen molar-refractivity contribution in [2.75, 3.05) is 25.2 Å². The number of rotatable bonds is 4. The van der Waals surface area contributed by atoms with Crippen LogP contribution in [0.2, 0.25) is 0 Å². The summed E-state index contributed by atoms with van der Waals surface area (Å²) in [4.78, 5) is 32.6. The van der Waals surface area contributed by atoms with Gasteiger partial charge in [-0.1, -0.05) is 22.9 Å². The summed E-state index contributed by atoms with van der Waals surface area (Å²) in [6, 6.07) is 7.99. The highest BCUT2D eigenvalue weighted by molar-refractivity contribution is 9.10. The molecule has 0 saturated heterocycles. The second kappa shape index (κ2) is 7.21. The maximum absolute atomic E-state index is 13.1. The van der Waals surface area contributed by atoms with Gasteiger partial charge in [-0.2, -0.15) is 4.98 Å². The molecule has 28 heavy (non-hydrogen) atoms. The van der Waals surface area contributed by atoms with Gasteiger partial charge in [-0.15, -0.1) is 0 Å². The largest absolute Gasteiger partial charge is 0.383 e. The standard InChI is InChI=1S/C19H22BrN5O3/c1-12-10-24(14-6-4-13(20)5-7-14)18-21-16-15(25(18)11-12)17(26)23(8-9-28-3)19(27)22(16)2/h4-7,12H,8-11H2,1-3H3/t12-/m1/s1. The summed E-state index contributed by atoms with van der Waals surface area (Å²) in [5.74, 6) is 1.00. The van der Waals surface area contributed by atoms with E-state index in [2.05, 4.69) is 27.8 Å². The lowest BCUT2D eigenvalue weighted by molar-refractivity contribution is 0.184. The molecule has 0 unspecified atom stereocenters. The van der Waals surface area contributed by atoms with Crippen LogP contribution in [-0.4, -0.2) is 38.9 Å². The van der Waals surface area contributed by atoms with Gasteiger partial charge in [-0.05, 0) is 30.2 Å². The molecule has 0 N–H and O–H groups in total. The summed E-state index contributed by atoms with van der Waals surface area (Å²) in [6.45, 7) is 4.12. The molecular weight excluding hydrogens is 426 g/mol. The average molecular weight is 448 g/mol. The number of imidazole rings is 1. The Morgan fingerprint density at radius 2 is 1.93 bits per heavy atom. The van der Waals surface area contributed by atoms with E-state index in [1.54, 1.807) is 14.2 Å². The zero-order valence-electron chi connectivity index (χ0n) is 16.1. The fraction of sp³-hybridized carbons (Fsp3) is 0.421. The maximum Gasteiger partial charge on any atom is 0.332 e. The maximum atomic E-state index is 13.1. The summed E-state index contributed by atoms with van der Waals surface area (Å²) in [5, 5.41) is 0. The predicted octanol–water partition coefficient (Wildman–Crippen LogP) is 2.09. The summed E-state index contributed by atoms with van der Waals surface area (Å²) < 4.78 is 10.7. The molecule has 0 fully saturated rings. The van der Waals surface area contributed by atoms with E-state index in [4.69, 9.17) is 9.72 Å². The summed E-state index contributed by atoms with van der Waals surface area (Å²) in [7, 11) is 3.20. The Hall–Kier alpha value is -2.39. The molecule has 0 radical (unpaired) electrons. The van der Waals surface area contributed by atoms with E-state index in [1.165, 1.54) is 9.13 Å². The Bertz CT molecular complexity index is 1150. The molecule has 3 heterocycles. The third-order valence-corrected chi connectivity index (χ3v) is 5.63. The Labute approximate surface area is 170 Å². The fourth-order valence-corrected chi connectivity index (χ4v) is 3.99. The first kappa shape index (κ1) is 18.9. The van der Waals surface area contributed by atoms with Crippen molar-refractivity contribution in [3.8, 4) is 0 Å². The highest BCUT2D eigenvalue weighted by atomic mass is 79.9. The molecule has 0 aliphatic carbocycles. The normalized spacial score (nSPS) is 16.6. The molecule has 1 aliphatic rings. The summed E-state index contributed by atoms with van der Waals surface area (Å²) >= 11 is 3.47. The topological polar surface area (TPSA) is 74.3 Å². The lowest BCUT2D eigenvalue weighted by Crippen LogP contribution is -2.41. The van der Waals surface area contributed by atoms with Crippen molar-refractivity contribution in [1.82, 2.24) is 18.7 Å². The number of ether oxygens (including phenoxy) is 1. The first-order chi connectivity index (χ1) is 13.4. The minimum Gasteiger partial charge on any atom is -0.383 e. The lowest BCUT2D eigenvalue weighted by Gasteiger charge is -2.33. The van der Waals surface area contributed by atoms with E-state index in [-0.39, 0.29) is 17.8 Å². The molecule has 2 aromatic heterocycles. The molecule has 0 saturated carbocycles. The zero-order chi connectivity index (χ0) is 20.0. The first-order valence-corrected chi connectivity index (χ1v) is 9.93. The van der Waals surface area contributed by atoms with Gasteiger partial charge in [0.25, 0.3) is 5.56 Å². The van der Waals surface area contributed by atoms with Crippen molar-refractivity contribution in [3.63, 3.8) is 0 Å². The SMILES string of the molecule is COCCn1c(=O)c2c(nc3n2C[C@H](C)CN3c2ccc(Br)cc2)n(C)c1=O. The number of fused-ring (bicyclic) bond motifs is 3. The van der Waals surface area contributed by atoms with E-state index in [9.17, 15) is 9.59 Å². The average Bonchev–Trinajstić information content (AvgIpc) is 3.06. The number of halogens is 1. The molecule has 1 aromatic carbocycles. The fourth-order valence-electron chi connectivity index (χ4n) is 3.72. The van der Waals surface area contributed by atoms with Gasteiger partial charge in [0, 0.05) is 37.4 Å². The zero-order valence-corrected chi connectivity index (χ0v) is 17.6. The van der Waals surface area contributed by atoms with Gasteiger partial charge < -0.3 is 14.2 Å². The van der Waals surface area contributed by atoms with Gasteiger partial charge >= 0.3 is 5.69 Å². The monoisotopic (exact) mass is 447 g/mol. The Morgan fingerprint density at radius 3 is 2.61 bits per heavy atom. The molecular formula is C19H22BrN5O3. The van der Waals surface area contributed by atoms with Crippen LogP contribution >= 0.6 is 15.9 Å². The van der Waals surface area contributed by atoms with Crippen molar-refractivity contribution in [1.29, 1.82) is 0 Å². The molecule has 1 atom stereocenters. The summed E-state index contributed by atoms with van der Waals surface area (Å²) in [5.41, 5.74) is 1.17. The second-order valence-electron chi connectivity index (χ2n) is 7.18. The number of aromatic nitrogens is 4. The second-order valence-corrected chi connectivity index (χ2v) is 8.09. The van der Waals surface area contributed by atoms with Crippen molar-refractivity contribution in [3.05, 3.63) is 49.6 Å². The Kier molecular flexibility index (Phi) is 4.88. The Morgan fingerprint density at radius 1 is 1.21 bits per heavy atom. The minimum absolute atomic E-state index is 0.213. The number of aryl methyl sites for hydroxylation is 1. The number of benzene rings is 1. The van der Waals surface area contributed by atoms with E-state index in [1.807, 2.05) is 28.8 Å². The lowest BCUT2D eigenvalue weighted by atomic mass is 10.1. The van der Waals surface area contributed by atoms with Gasteiger partial charge in [-0.3, -0.25) is 13.9 Å². The van der Waals surface area contributed by atoms with Crippen LogP contribution in [0.1, 0.15) is 6.92 Å². The first-order valence-electron chi connectivity index (χ1n) is 9.14. The highest BCUT2D eigenvalue weighted by Gasteiger charge is 2.29. The van der Waals surface area contributed by atoms with E-state index in [0.717, 1.165) is 16.7 Å². The van der Waals surface area contributed by atoms with Crippen molar-refractivity contribution in [2.24, 2.45) is 13.0 Å². The number of anilines is 2. The number of hydrogen-bond acceptors (Lipinski definition) is 5. The molecule has 1 aliphatic heterocycles. The van der Waals surface area contributed by atoms with Crippen LogP contribution in [-0.2, 0) is 24.9 Å². The van der Waals surface area contributed by atoms with Gasteiger partial charge in [0.15, 0.2) is 11.2 Å². The van der Waals surface area contributed by atoms with Crippen LogP contribution in [0.3, 0.4) is 0 Å². The van der Waals surface area contributed by atoms with Gasteiger partial charge in [0.05, 0.1) is 13.2 Å². The number of nitrogens with zero attached hydrogens (tertiary/aromatic N) is 5. The minimum atomic E-state index is -0.381. The highest BCUT2D eigenvalue weighted by Crippen LogP contribution is 2.33. The van der Waals surface area contributed by atoms with Crippen molar-refractivity contribution in [2.45, 2.75) is 20.0 Å². The molecule has 3 aromatic rings. The van der Waals surface area contributed by atoms with Crippen molar-refractivity contribution < 1.29 is 4.74 Å². The van der Waals surface area contributed by atoms with E-state index < -0.39 is 0 Å². The van der Waals surface area contributed by atoms with Crippen LogP contribution in [0.15, 0.2) is 38.3 Å². The number of methoxy groups -OCH3 is 1. The van der Waals surface area contributed by atoms with Crippen LogP contribution in [0.5, 0.6) is 0 Å². The predicted molar refractivity (Wildman–Crippen MR) is 111 cm³/mol. The molecule has 0 bridgehead atoms. The van der Waals surface area contributed by atoms with Gasteiger partial charge in [-0.25, -0.2) is 4.79 Å². The third kappa shape index (κ3) is 2.98. The number of hydrogen-bond donors (Lipinski definition) is 0. The van der Waals surface area contributed by atoms with Gasteiger partial charge in [0.2, 0.25) is 5.95 Å². The molecule has 8 nitrogen and oxygen atoms in total. The smallest absolute Gasteiger partial charge is 0.332 e. The molecule has 4 rings (SSSR count). The third-order valence-electron chi connectivity index (χ3n) is 5.10. The van der Waals surface area contributed by atoms with Crippen LogP contribution < -0.4 is 16.1 Å². The molecule has 9 heteroatoms. The van der Waals surface area contributed by atoms with E-state index in [0.29, 0.717) is 36.2 Å². The molecule has 0 amide bonds. The van der Waals surface area contributed by atoms with Gasteiger partial charge in [0.1, 0.15) is 0 Å². The Balaban J connectivity index is 1.96.